The van der Waals surface area contributed by atoms with Crippen molar-refractivity contribution in [2.45, 2.75) is 31.8 Å². The second-order valence-corrected chi connectivity index (χ2v) is 3.78. The maximum absolute atomic E-state index is 12.2. The standard InChI is InChI=1S/C8H10F3NO4/c1-7(2)12(6(15)8(9,10)11)4(3-16-7)5(13)14/h4H,3H2,1-2H3,(H,13,14)/t4-/m1/s1. The zero-order valence-electron chi connectivity index (χ0n) is 8.54. The molecule has 0 saturated carbocycles. The Morgan fingerprint density at radius 2 is 1.94 bits per heavy atom. The van der Waals surface area contributed by atoms with Crippen LogP contribution in [0, 0.1) is 0 Å². The number of nitrogens with zero attached hydrogens (tertiary/aromatic N) is 1. The molecule has 1 amide bonds. The predicted molar refractivity (Wildman–Crippen MR) is 44.4 cm³/mol. The Hall–Kier alpha value is -1.31. The molecule has 1 aliphatic rings. The minimum Gasteiger partial charge on any atom is -0.480 e. The first kappa shape index (κ1) is 12.8. The van der Waals surface area contributed by atoms with Crippen LogP contribution in [-0.2, 0) is 14.3 Å². The van der Waals surface area contributed by atoms with Crippen molar-refractivity contribution in [3.8, 4) is 0 Å². The van der Waals surface area contributed by atoms with Crippen LogP contribution in [0.5, 0.6) is 0 Å². The van der Waals surface area contributed by atoms with Crippen molar-refractivity contribution in [1.82, 2.24) is 4.90 Å². The number of carbonyl (C=O) groups excluding carboxylic acids is 1. The van der Waals surface area contributed by atoms with Gasteiger partial charge in [-0.25, -0.2) is 4.79 Å². The Balaban J connectivity index is 3.05. The first-order chi connectivity index (χ1) is 7.07. The lowest BCUT2D eigenvalue weighted by Crippen LogP contribution is -2.55. The van der Waals surface area contributed by atoms with E-state index in [1.54, 1.807) is 0 Å². The van der Waals surface area contributed by atoms with Crippen LogP contribution in [-0.4, -0.2) is 46.4 Å². The Morgan fingerprint density at radius 3 is 2.31 bits per heavy atom. The fourth-order valence-corrected chi connectivity index (χ4v) is 1.51. The quantitative estimate of drug-likeness (QED) is 0.729. The van der Waals surface area contributed by atoms with Gasteiger partial charge in [-0.15, -0.1) is 0 Å². The molecule has 0 unspecified atom stereocenters. The van der Waals surface area contributed by atoms with Gasteiger partial charge in [0.1, 0.15) is 5.72 Å². The van der Waals surface area contributed by atoms with Gasteiger partial charge in [0, 0.05) is 0 Å². The van der Waals surface area contributed by atoms with Gasteiger partial charge in [0.25, 0.3) is 0 Å². The molecule has 0 aliphatic carbocycles. The molecule has 5 nitrogen and oxygen atoms in total. The highest BCUT2D eigenvalue weighted by Gasteiger charge is 2.55. The average molecular weight is 241 g/mol. The lowest BCUT2D eigenvalue weighted by molar-refractivity contribution is -0.199. The van der Waals surface area contributed by atoms with Gasteiger partial charge in [-0.05, 0) is 13.8 Å². The number of alkyl halides is 3. The summed E-state index contributed by atoms with van der Waals surface area (Å²) in [6.45, 7) is 1.96. The number of hydrogen-bond donors (Lipinski definition) is 1. The van der Waals surface area contributed by atoms with Gasteiger partial charge in [-0.2, -0.15) is 13.2 Å². The predicted octanol–water partition coefficient (Wildman–Crippen LogP) is 0.597. The third-order valence-corrected chi connectivity index (χ3v) is 2.23. The number of aliphatic carboxylic acids is 1. The summed E-state index contributed by atoms with van der Waals surface area (Å²) in [4.78, 5) is 21.9. The summed E-state index contributed by atoms with van der Waals surface area (Å²) in [5, 5.41) is 8.69. The molecule has 1 rings (SSSR count). The second kappa shape index (κ2) is 3.62. The van der Waals surface area contributed by atoms with E-state index in [-0.39, 0.29) is 4.90 Å². The van der Waals surface area contributed by atoms with Gasteiger partial charge in [-0.1, -0.05) is 0 Å². The van der Waals surface area contributed by atoms with Gasteiger partial charge < -0.3 is 9.84 Å². The summed E-state index contributed by atoms with van der Waals surface area (Å²) in [5.74, 6) is -3.73. The number of hydrogen-bond acceptors (Lipinski definition) is 3. The molecule has 16 heavy (non-hydrogen) atoms. The fourth-order valence-electron chi connectivity index (χ4n) is 1.51. The number of rotatable bonds is 1. The van der Waals surface area contributed by atoms with E-state index >= 15 is 0 Å². The summed E-state index contributed by atoms with van der Waals surface area (Å²) < 4.78 is 41.6. The van der Waals surface area contributed by atoms with E-state index in [4.69, 9.17) is 9.84 Å². The van der Waals surface area contributed by atoms with Crippen molar-refractivity contribution >= 4 is 11.9 Å². The maximum atomic E-state index is 12.2. The first-order valence-electron chi connectivity index (χ1n) is 4.34. The molecule has 1 saturated heterocycles. The molecule has 92 valence electrons. The summed E-state index contributed by atoms with van der Waals surface area (Å²) in [6, 6.07) is -1.61. The van der Waals surface area contributed by atoms with E-state index in [9.17, 15) is 22.8 Å². The van der Waals surface area contributed by atoms with Crippen LogP contribution in [0.15, 0.2) is 0 Å². The summed E-state index contributed by atoms with van der Waals surface area (Å²) in [7, 11) is 0. The number of carboxylic acids is 1. The number of halogens is 3. The van der Waals surface area contributed by atoms with E-state index in [1.165, 1.54) is 13.8 Å². The molecule has 0 aromatic rings. The number of ether oxygens (including phenoxy) is 1. The normalized spacial score (nSPS) is 24.6. The Labute approximate surface area is 88.8 Å². The van der Waals surface area contributed by atoms with Crippen molar-refractivity contribution in [3.63, 3.8) is 0 Å². The van der Waals surface area contributed by atoms with Gasteiger partial charge in [0.05, 0.1) is 6.61 Å². The third-order valence-electron chi connectivity index (χ3n) is 2.23. The monoisotopic (exact) mass is 241 g/mol. The lowest BCUT2D eigenvalue weighted by Gasteiger charge is -2.32. The number of carboxylic acid groups (broad SMARTS) is 1. The molecule has 8 heteroatoms. The first-order valence-corrected chi connectivity index (χ1v) is 4.34. The second-order valence-electron chi connectivity index (χ2n) is 3.78. The van der Waals surface area contributed by atoms with Crippen LogP contribution >= 0.6 is 0 Å². The summed E-state index contributed by atoms with van der Waals surface area (Å²) in [6.07, 6.45) is -5.11. The van der Waals surface area contributed by atoms with E-state index in [0.717, 1.165) is 0 Å². The summed E-state index contributed by atoms with van der Waals surface area (Å²) in [5.41, 5.74) is -1.57. The minimum absolute atomic E-state index is 0.204. The molecule has 1 fully saturated rings. The molecular formula is C8H10F3NO4. The fraction of sp³-hybridized carbons (Fsp3) is 0.750. The van der Waals surface area contributed by atoms with Crippen LogP contribution in [0.2, 0.25) is 0 Å². The van der Waals surface area contributed by atoms with Gasteiger partial charge >= 0.3 is 18.1 Å². The van der Waals surface area contributed by atoms with Crippen LogP contribution < -0.4 is 0 Å². The number of amides is 1. The largest absolute Gasteiger partial charge is 0.480 e. The van der Waals surface area contributed by atoms with Crippen LogP contribution in [0.25, 0.3) is 0 Å². The highest BCUT2D eigenvalue weighted by Crippen LogP contribution is 2.32. The maximum Gasteiger partial charge on any atom is 0.471 e. The van der Waals surface area contributed by atoms with Gasteiger partial charge in [-0.3, -0.25) is 9.69 Å². The summed E-state index contributed by atoms with van der Waals surface area (Å²) >= 11 is 0. The van der Waals surface area contributed by atoms with Crippen molar-refractivity contribution in [3.05, 3.63) is 0 Å². The number of carbonyl (C=O) groups is 2. The van der Waals surface area contributed by atoms with E-state index in [1.807, 2.05) is 0 Å². The van der Waals surface area contributed by atoms with Crippen molar-refractivity contribution in [1.29, 1.82) is 0 Å². The molecule has 1 heterocycles. The Morgan fingerprint density at radius 1 is 1.44 bits per heavy atom. The zero-order valence-corrected chi connectivity index (χ0v) is 8.54. The third kappa shape index (κ3) is 2.11. The minimum atomic E-state index is -5.11. The van der Waals surface area contributed by atoms with Gasteiger partial charge in [0.15, 0.2) is 6.04 Å². The van der Waals surface area contributed by atoms with E-state index < -0.39 is 36.4 Å². The Bertz CT molecular complexity index is 326. The highest BCUT2D eigenvalue weighted by atomic mass is 19.4. The van der Waals surface area contributed by atoms with Crippen molar-refractivity contribution < 1.29 is 32.6 Å². The molecular weight excluding hydrogens is 231 g/mol. The molecule has 0 spiro atoms. The topological polar surface area (TPSA) is 66.8 Å². The van der Waals surface area contributed by atoms with Crippen LogP contribution in [0.4, 0.5) is 13.2 Å². The van der Waals surface area contributed by atoms with Crippen molar-refractivity contribution in [2.75, 3.05) is 6.61 Å². The molecule has 0 bridgehead atoms. The van der Waals surface area contributed by atoms with Crippen molar-refractivity contribution in [2.24, 2.45) is 0 Å². The smallest absolute Gasteiger partial charge is 0.471 e. The van der Waals surface area contributed by atoms with Crippen LogP contribution in [0.1, 0.15) is 13.8 Å². The van der Waals surface area contributed by atoms with Crippen LogP contribution in [0.3, 0.4) is 0 Å². The molecule has 1 atom stereocenters. The van der Waals surface area contributed by atoms with Gasteiger partial charge in [0.2, 0.25) is 0 Å². The Kier molecular flexibility index (Phi) is 2.88. The molecule has 0 radical (unpaired) electrons. The van der Waals surface area contributed by atoms with E-state index in [0.29, 0.717) is 0 Å². The SMILES string of the molecule is CC1(C)OC[C@H](C(=O)O)N1C(=O)C(F)(F)F. The molecule has 0 aromatic carbocycles. The molecule has 0 aromatic heterocycles. The highest BCUT2D eigenvalue weighted by molar-refractivity contribution is 5.88. The van der Waals surface area contributed by atoms with E-state index in [2.05, 4.69) is 0 Å². The molecule has 1 aliphatic heterocycles. The molecule has 1 N–H and O–H groups in total. The zero-order chi connectivity index (χ0) is 12.7. The average Bonchev–Trinajstić information content (AvgIpc) is 2.38. The lowest BCUT2D eigenvalue weighted by atomic mass is 10.2.